The lowest BCUT2D eigenvalue weighted by Crippen LogP contribution is -2.50. The first kappa shape index (κ1) is 27.7. The molecule has 3 heterocycles. The molecule has 1 unspecified atom stereocenters. The Bertz CT molecular complexity index is 1230. The van der Waals surface area contributed by atoms with Crippen LogP contribution in [0.2, 0.25) is 19.6 Å². The zero-order valence-electron chi connectivity index (χ0n) is 21.8. The van der Waals surface area contributed by atoms with E-state index >= 15 is 0 Å². The van der Waals surface area contributed by atoms with Crippen LogP contribution in [0.1, 0.15) is 44.1 Å². The van der Waals surface area contributed by atoms with Crippen LogP contribution in [0.5, 0.6) is 11.5 Å². The molecule has 0 bridgehead atoms. The average molecular weight is 552 g/mol. The molecule has 5 nitrogen and oxygen atoms in total. The Morgan fingerprint density at radius 1 is 1.27 bits per heavy atom. The molecule has 1 saturated heterocycles. The number of hydrogen-bond donors (Lipinski definition) is 0. The molecule has 0 saturated carbocycles. The number of halogens is 3. The topological polar surface area (TPSA) is 48.0 Å². The average Bonchev–Trinajstić information content (AvgIpc) is 3.25. The van der Waals surface area contributed by atoms with Crippen molar-refractivity contribution in [3.63, 3.8) is 0 Å². The Balaban J connectivity index is 1.72. The first-order chi connectivity index (χ1) is 17.4. The Labute approximate surface area is 220 Å². The minimum absolute atomic E-state index is 0.227. The molecule has 0 aliphatic carbocycles. The fourth-order valence-electron chi connectivity index (χ4n) is 5.04. The third-order valence-corrected chi connectivity index (χ3v) is 9.19. The van der Waals surface area contributed by atoms with E-state index in [9.17, 15) is 18.0 Å². The van der Waals surface area contributed by atoms with E-state index in [-0.39, 0.29) is 18.2 Å². The van der Waals surface area contributed by atoms with Crippen molar-refractivity contribution in [2.75, 3.05) is 27.4 Å². The fourth-order valence-corrected chi connectivity index (χ4v) is 7.00. The van der Waals surface area contributed by atoms with Crippen molar-refractivity contribution >= 4 is 25.7 Å². The molecule has 0 N–H and O–H groups in total. The Morgan fingerprint density at radius 2 is 2.03 bits per heavy atom. The number of thiophene rings is 1. The predicted octanol–water partition coefficient (Wildman–Crippen LogP) is 5.91. The first-order valence-electron chi connectivity index (χ1n) is 12.2. The molecule has 37 heavy (non-hydrogen) atoms. The van der Waals surface area contributed by atoms with E-state index in [1.54, 1.807) is 14.2 Å². The second-order valence-electron chi connectivity index (χ2n) is 10.5. The predicted molar refractivity (Wildman–Crippen MR) is 140 cm³/mol. The number of rotatable bonds is 5. The Morgan fingerprint density at radius 3 is 2.65 bits per heavy atom. The summed E-state index contributed by atoms with van der Waals surface area (Å²) >= 11 is 0.667. The molecule has 0 radical (unpaired) electrons. The number of piperidine rings is 1. The highest BCUT2D eigenvalue weighted by Crippen LogP contribution is 2.51. The van der Waals surface area contributed by atoms with E-state index in [2.05, 4.69) is 36.0 Å². The van der Waals surface area contributed by atoms with Crippen LogP contribution in [0, 0.1) is 11.5 Å². The van der Waals surface area contributed by atoms with Crippen LogP contribution in [-0.4, -0.2) is 52.7 Å². The maximum absolute atomic E-state index is 13.8. The van der Waals surface area contributed by atoms with Gasteiger partial charge < -0.3 is 14.2 Å². The molecule has 0 amide bonds. The van der Waals surface area contributed by atoms with Gasteiger partial charge in [0.15, 0.2) is 6.29 Å². The fraction of sp³-hybridized carbons (Fsp3) is 0.519. The van der Waals surface area contributed by atoms with Crippen LogP contribution >= 0.6 is 11.3 Å². The number of likely N-dealkylation sites (tertiary alicyclic amines) is 1. The maximum atomic E-state index is 13.8. The van der Waals surface area contributed by atoms with Crippen LogP contribution in [0.4, 0.5) is 13.2 Å². The lowest BCUT2D eigenvalue weighted by Gasteiger charge is -2.46. The van der Waals surface area contributed by atoms with Crippen LogP contribution < -0.4 is 9.47 Å². The molecule has 1 aromatic heterocycles. The zero-order valence-corrected chi connectivity index (χ0v) is 23.6. The van der Waals surface area contributed by atoms with Gasteiger partial charge in [-0.3, -0.25) is 9.69 Å². The van der Waals surface area contributed by atoms with Crippen LogP contribution in [0.3, 0.4) is 0 Å². The summed E-state index contributed by atoms with van der Waals surface area (Å²) in [5.74, 6) is 4.86. The van der Waals surface area contributed by atoms with Crippen molar-refractivity contribution in [2.24, 2.45) is 0 Å². The number of ether oxygens (including phenoxy) is 3. The molecule has 1 fully saturated rings. The molecule has 2 aliphatic rings. The molecule has 10 heteroatoms. The van der Waals surface area contributed by atoms with Gasteiger partial charge in [-0.15, -0.1) is 16.9 Å². The number of fused-ring (bicyclic) bond motifs is 2. The summed E-state index contributed by atoms with van der Waals surface area (Å²) in [4.78, 5) is 13.7. The number of methoxy groups -OCH3 is 2. The summed E-state index contributed by atoms with van der Waals surface area (Å²) in [7, 11) is 1.49. The minimum atomic E-state index is -4.58. The van der Waals surface area contributed by atoms with E-state index < -0.39 is 24.7 Å². The van der Waals surface area contributed by atoms with Crippen molar-refractivity contribution < 1.29 is 32.2 Å². The number of alkyl halides is 3. The summed E-state index contributed by atoms with van der Waals surface area (Å²) in [5, 5.41) is 0. The normalized spacial score (nSPS) is 22.2. The standard InChI is InChI=1S/C27H32F3NO4SSi/c1-33-20-7-6-18(23(14-20)34-2)16-31-11-10-26(15-19(31)9-13-37(3,4)5)24-21(8-12-35-26)22(17-32)25(36-24)27(28,29)30/h6-7,14,17,19H,8,10-12,15-16H2,1-5H3/t19?,26-/m0/s1. The summed E-state index contributed by atoms with van der Waals surface area (Å²) in [6.07, 6.45) is -2.98. The number of nitrogens with zero attached hydrogens (tertiary/aromatic N) is 1. The Kier molecular flexibility index (Phi) is 7.82. The van der Waals surface area contributed by atoms with Crippen molar-refractivity contribution in [3.8, 4) is 23.0 Å². The van der Waals surface area contributed by atoms with Gasteiger partial charge in [0, 0.05) is 41.6 Å². The molecule has 2 aliphatic heterocycles. The third kappa shape index (κ3) is 5.75. The van der Waals surface area contributed by atoms with Gasteiger partial charge in [-0.2, -0.15) is 13.2 Å². The van der Waals surface area contributed by atoms with Gasteiger partial charge in [0.2, 0.25) is 0 Å². The van der Waals surface area contributed by atoms with Gasteiger partial charge in [0.05, 0.1) is 26.9 Å². The second-order valence-corrected chi connectivity index (χ2v) is 16.3. The minimum Gasteiger partial charge on any atom is -0.497 e. The highest BCUT2D eigenvalue weighted by atomic mass is 32.1. The van der Waals surface area contributed by atoms with Gasteiger partial charge in [0.1, 0.15) is 30.1 Å². The van der Waals surface area contributed by atoms with Gasteiger partial charge >= 0.3 is 6.18 Å². The highest BCUT2D eigenvalue weighted by Gasteiger charge is 2.49. The number of hydrogen-bond acceptors (Lipinski definition) is 6. The van der Waals surface area contributed by atoms with Crippen LogP contribution in [0.25, 0.3) is 0 Å². The Hall–Kier alpha value is -2.32. The second kappa shape index (κ2) is 10.4. The zero-order chi connectivity index (χ0) is 27.0. The van der Waals surface area contributed by atoms with E-state index in [0.29, 0.717) is 71.9 Å². The van der Waals surface area contributed by atoms with Crippen molar-refractivity contribution in [1.29, 1.82) is 0 Å². The van der Waals surface area contributed by atoms with E-state index in [0.717, 1.165) is 5.56 Å². The summed E-state index contributed by atoms with van der Waals surface area (Å²) in [5.41, 5.74) is 3.80. The first-order valence-corrected chi connectivity index (χ1v) is 16.5. The van der Waals surface area contributed by atoms with Gasteiger partial charge in [0.25, 0.3) is 0 Å². The molecule has 2 atom stereocenters. The molecule has 4 rings (SSSR count). The maximum Gasteiger partial charge on any atom is 0.426 e. The van der Waals surface area contributed by atoms with Crippen molar-refractivity contribution in [3.05, 3.63) is 44.6 Å². The lowest BCUT2D eigenvalue weighted by molar-refractivity contribution is -0.134. The monoisotopic (exact) mass is 551 g/mol. The molecular weight excluding hydrogens is 519 g/mol. The molecule has 200 valence electrons. The summed E-state index contributed by atoms with van der Waals surface area (Å²) in [6.45, 7) is 7.92. The summed E-state index contributed by atoms with van der Waals surface area (Å²) < 4.78 is 58.6. The molecular formula is C27H32F3NO4SSi. The van der Waals surface area contributed by atoms with E-state index in [1.165, 1.54) is 0 Å². The third-order valence-electron chi connectivity index (χ3n) is 6.82. The van der Waals surface area contributed by atoms with Crippen molar-refractivity contribution in [2.45, 2.75) is 63.3 Å². The van der Waals surface area contributed by atoms with Gasteiger partial charge in [-0.1, -0.05) is 31.6 Å². The SMILES string of the molecule is COc1ccc(CN2CC[C@@]3(CC2C#C[Si](C)(C)C)OCCc2c3sc(C(F)(F)F)c2C=O)c(OC)c1. The van der Waals surface area contributed by atoms with Gasteiger partial charge in [-0.05, 0) is 24.5 Å². The molecule has 1 aromatic carbocycles. The largest absolute Gasteiger partial charge is 0.497 e. The van der Waals surface area contributed by atoms with E-state index in [1.807, 2.05) is 18.2 Å². The number of carbonyl (C=O) groups is 1. The van der Waals surface area contributed by atoms with Crippen LogP contribution in [-0.2, 0) is 29.5 Å². The number of benzene rings is 1. The molecule has 2 aromatic rings. The highest BCUT2D eigenvalue weighted by molar-refractivity contribution is 7.12. The quantitative estimate of drug-likeness (QED) is 0.263. The molecule has 1 spiro atoms. The van der Waals surface area contributed by atoms with Gasteiger partial charge in [-0.25, -0.2) is 0 Å². The lowest BCUT2D eigenvalue weighted by atomic mass is 9.81. The summed E-state index contributed by atoms with van der Waals surface area (Å²) in [6, 6.07) is 5.46. The smallest absolute Gasteiger partial charge is 0.426 e. The van der Waals surface area contributed by atoms with Crippen molar-refractivity contribution in [1.82, 2.24) is 4.90 Å². The number of aldehydes is 1. The number of carbonyl (C=O) groups excluding carboxylic acids is 1. The van der Waals surface area contributed by atoms with Crippen LogP contribution in [0.15, 0.2) is 18.2 Å². The van der Waals surface area contributed by atoms with E-state index in [4.69, 9.17) is 14.2 Å².